The lowest BCUT2D eigenvalue weighted by atomic mass is 9.73. The van der Waals surface area contributed by atoms with E-state index in [4.69, 9.17) is 19.5 Å². The molecule has 69 heavy (non-hydrogen) atoms. The van der Waals surface area contributed by atoms with Crippen LogP contribution in [0.25, 0.3) is 0 Å². The van der Waals surface area contributed by atoms with Gasteiger partial charge in [0.2, 0.25) is 6.79 Å². The highest BCUT2D eigenvalue weighted by Gasteiger charge is 2.34. The van der Waals surface area contributed by atoms with Crippen molar-refractivity contribution in [2.45, 2.75) is 261 Å². The maximum atomic E-state index is 6.79. The van der Waals surface area contributed by atoms with Crippen LogP contribution in [0.2, 0.25) is 0 Å². The molecule has 2 aromatic rings. The lowest BCUT2D eigenvalue weighted by Gasteiger charge is -2.42. The van der Waals surface area contributed by atoms with Crippen molar-refractivity contribution >= 4 is 12.4 Å². The van der Waals surface area contributed by atoms with E-state index >= 15 is 0 Å². The van der Waals surface area contributed by atoms with Gasteiger partial charge >= 0.3 is 0 Å². The van der Waals surface area contributed by atoms with Crippen molar-refractivity contribution < 1.29 is 18.4 Å². The first-order valence-electron chi connectivity index (χ1n) is 29.5. The van der Waals surface area contributed by atoms with E-state index in [9.17, 15) is 0 Å². The van der Waals surface area contributed by atoms with Crippen LogP contribution in [0.3, 0.4) is 0 Å². The Morgan fingerprint density at radius 3 is 1.00 bits per heavy atom. The lowest BCUT2D eigenvalue weighted by molar-refractivity contribution is -0.929. The van der Waals surface area contributed by atoms with Crippen molar-refractivity contribution in [2.24, 2.45) is 9.98 Å². The number of benzene rings is 2. The van der Waals surface area contributed by atoms with E-state index in [2.05, 4.69) is 134 Å². The highest BCUT2D eigenvalue weighted by Crippen LogP contribution is 2.41. The number of hydrogen-bond acceptors (Lipinski definition) is 4. The van der Waals surface area contributed by atoms with Gasteiger partial charge in [-0.3, -0.25) is 9.98 Å². The van der Waals surface area contributed by atoms with Crippen LogP contribution in [0.1, 0.15) is 258 Å². The summed E-state index contributed by atoms with van der Waals surface area (Å²) in [6, 6.07) is 9.70. The van der Waals surface area contributed by atoms with E-state index < -0.39 is 0 Å². The summed E-state index contributed by atoms with van der Waals surface area (Å²) >= 11 is 0. The van der Waals surface area contributed by atoms with Crippen LogP contribution in [0, 0.1) is 13.8 Å². The van der Waals surface area contributed by atoms with Crippen LogP contribution in [-0.4, -0.2) is 92.6 Å². The topological polar surface area (TPSA) is 43.2 Å². The average molecular weight is 958 g/mol. The first-order valence-corrected chi connectivity index (χ1v) is 29.5. The fraction of sp³-hybridized carbons (Fsp3) is 0.778. The second-order valence-electron chi connectivity index (χ2n) is 23.0. The molecule has 2 aromatic carbocycles. The normalized spacial score (nSPS) is 16.0. The minimum Gasteiger partial charge on any atom is -0.457 e. The van der Waals surface area contributed by atoms with E-state index in [-0.39, 0.29) is 29.7 Å². The maximum Gasteiger partial charge on any atom is 0.230 e. The number of unbranched alkanes of at least 4 members (excludes halogenated alkanes) is 8. The molecule has 0 unspecified atom stereocenters. The third-order valence-corrected chi connectivity index (χ3v) is 16.8. The van der Waals surface area contributed by atoms with Gasteiger partial charge in [-0.2, -0.15) is 0 Å². The zero-order valence-corrected chi connectivity index (χ0v) is 48.1. The molecule has 0 amide bonds. The van der Waals surface area contributed by atoms with Gasteiger partial charge in [0.1, 0.15) is 11.5 Å². The molecule has 0 saturated heterocycles. The van der Waals surface area contributed by atoms with Crippen LogP contribution < -0.4 is 9.47 Å². The second-order valence-corrected chi connectivity index (χ2v) is 23.0. The number of fused-ring (bicyclic) bond motifs is 2. The Hall–Kier alpha value is -2.70. The molecule has 394 valence electrons. The summed E-state index contributed by atoms with van der Waals surface area (Å²) in [6.07, 6.45) is 32.0. The van der Waals surface area contributed by atoms with Crippen molar-refractivity contribution in [1.82, 2.24) is 0 Å². The standard InChI is InChI=1S/C63H112N4O2/c1-15-23-33-62(13,34-24-16-2)58-45-52(9)60-56(47-58)49-64-54(11)55(12)65-50-57-48-59(46-53(10)61(57)69-51-68-60)63(14,35-31-43-66(37-25-17-3,38-26-18-4)39-27-19-5)36-32-44-67(40-28-20-6,41-29-21-7)42-30-22-8/h45-50,54-55H,15-44,51H2,1-14H3/q+2/t54-,55-/m0/s1. The molecule has 0 bridgehead atoms. The summed E-state index contributed by atoms with van der Waals surface area (Å²) in [5, 5.41) is 0. The summed E-state index contributed by atoms with van der Waals surface area (Å²) in [5.41, 5.74) is 7.41. The number of rotatable bonds is 34. The van der Waals surface area contributed by atoms with Crippen LogP contribution >= 0.6 is 0 Å². The summed E-state index contributed by atoms with van der Waals surface area (Å²) in [4.78, 5) is 10.5. The minimum absolute atomic E-state index is 0.00118. The third-order valence-electron chi connectivity index (χ3n) is 16.8. The van der Waals surface area contributed by atoms with Gasteiger partial charge in [-0.15, -0.1) is 0 Å². The predicted molar refractivity (Wildman–Crippen MR) is 304 cm³/mol. The van der Waals surface area contributed by atoms with Crippen molar-refractivity contribution in [1.29, 1.82) is 0 Å². The molecular weight excluding hydrogens is 845 g/mol. The molecule has 0 spiro atoms. The molecule has 2 atom stereocenters. The molecule has 1 heterocycles. The van der Waals surface area contributed by atoms with Gasteiger partial charge in [0.25, 0.3) is 0 Å². The summed E-state index contributed by atoms with van der Waals surface area (Å²) in [6.45, 7) is 43.6. The SMILES string of the molecule is CCCCC(C)(CCCC)c1cc(C)c2c(c1)C=N[C@@H](C)[C@H](C)N=Cc1cc(C(C)(CCC[N+](CCCC)(CCCC)CCCC)CCC[N+](CCCC)(CCCC)CCCC)cc(C)c1OCO2. The molecule has 0 N–H and O–H groups in total. The van der Waals surface area contributed by atoms with Crippen molar-refractivity contribution in [2.75, 3.05) is 59.2 Å². The average Bonchev–Trinajstić information content (AvgIpc) is 3.35. The first kappa shape index (κ1) is 60.6. The zero-order valence-electron chi connectivity index (χ0n) is 48.1. The van der Waals surface area contributed by atoms with Gasteiger partial charge in [0.05, 0.1) is 64.4 Å². The quantitative estimate of drug-likeness (QED) is 0.0656. The molecule has 6 heteroatoms. The van der Waals surface area contributed by atoms with E-state index in [0.717, 1.165) is 28.2 Å². The number of ether oxygens (including phenoxy) is 2. The molecule has 6 nitrogen and oxygen atoms in total. The molecule has 1 aliphatic heterocycles. The van der Waals surface area contributed by atoms with Gasteiger partial charge in [-0.25, -0.2) is 0 Å². The maximum absolute atomic E-state index is 6.79. The summed E-state index contributed by atoms with van der Waals surface area (Å²) in [7, 11) is 0. The number of aliphatic imine (C=N–C) groups is 2. The minimum atomic E-state index is -0.00118. The van der Waals surface area contributed by atoms with E-state index in [1.807, 2.05) is 0 Å². The highest BCUT2D eigenvalue weighted by atomic mass is 16.7. The molecule has 3 rings (SSSR count). The Balaban J connectivity index is 2.14. The third kappa shape index (κ3) is 19.0. The highest BCUT2D eigenvalue weighted by molar-refractivity contribution is 5.86. The van der Waals surface area contributed by atoms with Crippen molar-refractivity contribution in [3.05, 3.63) is 57.6 Å². The van der Waals surface area contributed by atoms with E-state index in [1.54, 1.807) is 0 Å². The van der Waals surface area contributed by atoms with Gasteiger partial charge in [-0.05, 0) is 150 Å². The van der Waals surface area contributed by atoms with Gasteiger partial charge in [-0.1, -0.05) is 146 Å². The van der Waals surface area contributed by atoms with Gasteiger partial charge < -0.3 is 18.4 Å². The Morgan fingerprint density at radius 1 is 0.435 bits per heavy atom. The van der Waals surface area contributed by atoms with Crippen molar-refractivity contribution in [3.8, 4) is 11.5 Å². The van der Waals surface area contributed by atoms with E-state index in [0.29, 0.717) is 0 Å². The largest absolute Gasteiger partial charge is 0.457 e. The molecule has 0 aliphatic carbocycles. The Morgan fingerprint density at radius 2 is 0.710 bits per heavy atom. The number of nitrogens with zero attached hydrogens (tertiary/aromatic N) is 4. The lowest BCUT2D eigenvalue weighted by Crippen LogP contribution is -2.51. The number of quaternary nitrogens is 2. The van der Waals surface area contributed by atoms with Crippen LogP contribution in [0.4, 0.5) is 0 Å². The molecule has 0 radical (unpaired) electrons. The van der Waals surface area contributed by atoms with Crippen molar-refractivity contribution in [3.63, 3.8) is 0 Å². The Labute approximate surface area is 428 Å². The smallest absolute Gasteiger partial charge is 0.230 e. The Kier molecular flexibility index (Phi) is 27.8. The van der Waals surface area contributed by atoms with Crippen LogP contribution in [-0.2, 0) is 10.8 Å². The fourth-order valence-electron chi connectivity index (χ4n) is 11.6. The molecular formula is C63H112N4O2+2. The second kappa shape index (κ2) is 31.7. The molecule has 0 saturated carbocycles. The van der Waals surface area contributed by atoms with Crippen LogP contribution in [0.5, 0.6) is 11.5 Å². The zero-order chi connectivity index (χ0) is 50.8. The van der Waals surface area contributed by atoms with Gasteiger partial charge in [0.15, 0.2) is 0 Å². The van der Waals surface area contributed by atoms with Crippen LogP contribution in [0.15, 0.2) is 34.3 Å². The summed E-state index contributed by atoms with van der Waals surface area (Å²) in [5.74, 6) is 1.76. The Bertz CT molecular complexity index is 1690. The molecule has 0 aromatic heterocycles. The first-order chi connectivity index (χ1) is 33.2. The number of aryl methyl sites for hydroxylation is 2. The monoisotopic (exact) mass is 957 g/mol. The predicted octanol–water partition coefficient (Wildman–Crippen LogP) is 17.2. The summed E-state index contributed by atoms with van der Waals surface area (Å²) < 4.78 is 16.1. The molecule has 1 aliphatic rings. The van der Waals surface area contributed by atoms with Gasteiger partial charge in [0, 0.05) is 23.6 Å². The van der Waals surface area contributed by atoms with E-state index in [1.165, 1.54) is 219 Å². The number of hydrogen-bond donors (Lipinski definition) is 0. The molecule has 0 fully saturated rings. The fourth-order valence-corrected chi connectivity index (χ4v) is 11.6.